The SMILES string of the molecule is NCc1cc(S(=O)(=O)Nc2cc(Cl)cc(Cl)c2)c(Br)s1. The van der Waals surface area contributed by atoms with E-state index in [0.717, 1.165) is 4.88 Å². The van der Waals surface area contributed by atoms with Crippen LogP contribution in [0.25, 0.3) is 0 Å². The van der Waals surface area contributed by atoms with E-state index in [4.69, 9.17) is 28.9 Å². The van der Waals surface area contributed by atoms with Crippen molar-refractivity contribution in [1.82, 2.24) is 0 Å². The van der Waals surface area contributed by atoms with Gasteiger partial charge in [0.2, 0.25) is 0 Å². The number of hydrogen-bond donors (Lipinski definition) is 2. The molecule has 0 fully saturated rings. The van der Waals surface area contributed by atoms with Crippen LogP contribution < -0.4 is 10.5 Å². The summed E-state index contributed by atoms with van der Waals surface area (Å²) < 4.78 is 27.6. The van der Waals surface area contributed by atoms with Gasteiger partial charge in [0, 0.05) is 21.5 Å². The highest BCUT2D eigenvalue weighted by Crippen LogP contribution is 2.33. The van der Waals surface area contributed by atoms with Crippen LogP contribution in [0.1, 0.15) is 4.88 Å². The highest BCUT2D eigenvalue weighted by Gasteiger charge is 2.21. The van der Waals surface area contributed by atoms with E-state index < -0.39 is 10.0 Å². The first-order chi connectivity index (χ1) is 9.31. The lowest BCUT2D eigenvalue weighted by Crippen LogP contribution is -2.12. The van der Waals surface area contributed by atoms with E-state index in [1.807, 2.05) is 0 Å². The van der Waals surface area contributed by atoms with Crippen molar-refractivity contribution in [2.45, 2.75) is 11.4 Å². The molecule has 0 radical (unpaired) electrons. The molecule has 0 saturated heterocycles. The number of anilines is 1. The maximum Gasteiger partial charge on any atom is 0.263 e. The first-order valence-electron chi connectivity index (χ1n) is 5.29. The average Bonchev–Trinajstić information content (AvgIpc) is 2.69. The van der Waals surface area contributed by atoms with Gasteiger partial charge in [-0.25, -0.2) is 8.42 Å². The zero-order valence-electron chi connectivity index (χ0n) is 9.86. The molecule has 108 valence electrons. The molecular weight excluding hydrogens is 407 g/mol. The Morgan fingerprint density at radius 1 is 1.20 bits per heavy atom. The summed E-state index contributed by atoms with van der Waals surface area (Å²) in [7, 11) is -3.73. The molecule has 0 spiro atoms. The van der Waals surface area contributed by atoms with E-state index in [0.29, 0.717) is 19.5 Å². The largest absolute Gasteiger partial charge is 0.326 e. The maximum atomic E-state index is 12.3. The fourth-order valence-electron chi connectivity index (χ4n) is 1.50. The van der Waals surface area contributed by atoms with Gasteiger partial charge >= 0.3 is 0 Å². The van der Waals surface area contributed by atoms with Crippen LogP contribution in [0, 0.1) is 0 Å². The smallest absolute Gasteiger partial charge is 0.263 e. The monoisotopic (exact) mass is 414 g/mol. The molecule has 0 aliphatic carbocycles. The summed E-state index contributed by atoms with van der Waals surface area (Å²) in [4.78, 5) is 0.903. The fraction of sp³-hybridized carbons (Fsp3) is 0.0909. The first kappa shape index (κ1) is 16.1. The minimum atomic E-state index is -3.73. The topological polar surface area (TPSA) is 72.2 Å². The molecule has 0 bridgehead atoms. The van der Waals surface area contributed by atoms with Crippen LogP contribution in [0.3, 0.4) is 0 Å². The van der Waals surface area contributed by atoms with Crippen molar-refractivity contribution >= 4 is 66.2 Å². The summed E-state index contributed by atoms with van der Waals surface area (Å²) in [5, 5.41) is 0.699. The lowest BCUT2D eigenvalue weighted by molar-refractivity contribution is 0.601. The third-order valence-corrected chi connectivity index (χ3v) is 6.40. The normalized spacial score (nSPS) is 11.6. The molecule has 0 aliphatic heterocycles. The number of nitrogens with one attached hydrogen (secondary N) is 1. The zero-order valence-corrected chi connectivity index (χ0v) is 14.6. The van der Waals surface area contributed by atoms with Crippen LogP contribution in [0.5, 0.6) is 0 Å². The Bertz CT molecular complexity index is 727. The highest BCUT2D eigenvalue weighted by atomic mass is 79.9. The van der Waals surface area contributed by atoms with E-state index in [2.05, 4.69) is 20.7 Å². The lowest BCUT2D eigenvalue weighted by atomic mass is 10.3. The van der Waals surface area contributed by atoms with Gasteiger partial charge in [-0.05, 0) is 40.2 Å². The second-order valence-corrected chi connectivity index (χ2v) is 8.80. The quantitative estimate of drug-likeness (QED) is 0.790. The third-order valence-electron chi connectivity index (χ3n) is 2.31. The van der Waals surface area contributed by atoms with Gasteiger partial charge in [0.25, 0.3) is 10.0 Å². The van der Waals surface area contributed by atoms with Gasteiger partial charge in [-0.15, -0.1) is 11.3 Å². The van der Waals surface area contributed by atoms with Crippen molar-refractivity contribution in [3.8, 4) is 0 Å². The van der Waals surface area contributed by atoms with Gasteiger partial charge in [-0.2, -0.15) is 0 Å². The Labute approximate surface area is 139 Å². The van der Waals surface area contributed by atoms with E-state index in [-0.39, 0.29) is 11.4 Å². The Kier molecular flexibility index (Phi) is 4.99. The molecule has 2 rings (SSSR count). The Morgan fingerprint density at radius 3 is 2.30 bits per heavy atom. The zero-order chi connectivity index (χ0) is 14.9. The molecule has 2 aromatic rings. The molecule has 20 heavy (non-hydrogen) atoms. The van der Waals surface area contributed by atoms with Crippen LogP contribution in [0.2, 0.25) is 10.0 Å². The van der Waals surface area contributed by atoms with Gasteiger partial charge in [0.15, 0.2) is 0 Å². The van der Waals surface area contributed by atoms with E-state index in [9.17, 15) is 8.42 Å². The molecule has 3 N–H and O–H groups in total. The first-order valence-corrected chi connectivity index (χ1v) is 9.14. The molecule has 0 aliphatic rings. The Hall–Kier alpha value is -0.310. The molecule has 1 heterocycles. The minimum Gasteiger partial charge on any atom is -0.326 e. The average molecular weight is 416 g/mol. The van der Waals surface area contributed by atoms with Crippen LogP contribution in [0.15, 0.2) is 32.9 Å². The van der Waals surface area contributed by atoms with Crippen LogP contribution in [-0.2, 0) is 16.6 Å². The molecule has 1 aromatic heterocycles. The molecule has 0 unspecified atom stereocenters. The predicted molar refractivity (Wildman–Crippen MR) is 87.2 cm³/mol. The van der Waals surface area contributed by atoms with E-state index in [1.54, 1.807) is 0 Å². The molecule has 0 amide bonds. The summed E-state index contributed by atoms with van der Waals surface area (Å²) >= 11 is 16.2. The van der Waals surface area contributed by atoms with Crippen molar-refractivity contribution < 1.29 is 8.42 Å². The molecular formula is C11H9BrCl2N2O2S2. The number of nitrogens with two attached hydrogens (primary N) is 1. The van der Waals surface area contributed by atoms with Gasteiger partial charge in [-0.3, -0.25) is 4.72 Å². The van der Waals surface area contributed by atoms with Gasteiger partial charge < -0.3 is 5.73 Å². The molecule has 9 heteroatoms. The number of rotatable bonds is 4. The van der Waals surface area contributed by atoms with Crippen molar-refractivity contribution in [3.05, 3.63) is 43.0 Å². The summed E-state index contributed by atoms with van der Waals surface area (Å²) in [6.07, 6.45) is 0. The van der Waals surface area contributed by atoms with Crippen LogP contribution >= 0.6 is 50.5 Å². The third kappa shape index (κ3) is 3.66. The van der Waals surface area contributed by atoms with Gasteiger partial charge in [0.05, 0.1) is 9.47 Å². The Balaban J connectivity index is 2.37. The number of hydrogen-bond acceptors (Lipinski definition) is 4. The standard InChI is InChI=1S/C11H9BrCl2N2O2S2/c12-11-10(4-9(5-15)19-11)20(17,18)16-8-2-6(13)1-7(14)3-8/h1-4,16H,5,15H2. The van der Waals surface area contributed by atoms with E-state index >= 15 is 0 Å². The minimum absolute atomic E-state index is 0.138. The summed E-state index contributed by atoms with van der Waals surface area (Å²) in [5.74, 6) is 0. The van der Waals surface area contributed by atoms with Crippen molar-refractivity contribution in [2.75, 3.05) is 4.72 Å². The summed E-state index contributed by atoms with van der Waals surface area (Å²) in [5.41, 5.74) is 5.81. The van der Waals surface area contributed by atoms with Crippen LogP contribution in [0.4, 0.5) is 5.69 Å². The summed E-state index contributed by atoms with van der Waals surface area (Å²) in [6.45, 7) is 0.280. The van der Waals surface area contributed by atoms with Gasteiger partial charge in [0.1, 0.15) is 4.90 Å². The number of halogens is 3. The second kappa shape index (κ2) is 6.21. The Morgan fingerprint density at radius 2 is 1.80 bits per heavy atom. The molecule has 0 saturated carbocycles. The van der Waals surface area contributed by atoms with E-state index in [1.165, 1.54) is 35.6 Å². The number of sulfonamides is 1. The molecule has 0 atom stereocenters. The van der Waals surface area contributed by atoms with Crippen LogP contribution in [-0.4, -0.2) is 8.42 Å². The number of benzene rings is 1. The van der Waals surface area contributed by atoms with Crippen molar-refractivity contribution in [2.24, 2.45) is 5.73 Å². The predicted octanol–water partition coefficient (Wildman–Crippen LogP) is 4.08. The van der Waals surface area contributed by atoms with Crippen molar-refractivity contribution in [1.29, 1.82) is 0 Å². The fourth-order valence-corrected chi connectivity index (χ4v) is 5.63. The van der Waals surface area contributed by atoms with Crippen molar-refractivity contribution in [3.63, 3.8) is 0 Å². The molecule has 1 aromatic carbocycles. The summed E-state index contributed by atoms with van der Waals surface area (Å²) in [6, 6.07) is 6.02. The van der Waals surface area contributed by atoms with Gasteiger partial charge in [-0.1, -0.05) is 23.2 Å². The number of thiophene rings is 1. The highest BCUT2D eigenvalue weighted by molar-refractivity contribution is 9.11. The molecule has 4 nitrogen and oxygen atoms in total. The second-order valence-electron chi connectivity index (χ2n) is 3.82. The maximum absolute atomic E-state index is 12.3. The lowest BCUT2D eigenvalue weighted by Gasteiger charge is -2.08.